The SMILES string of the molecule is Oc1ccccc1CN(C[C@H](O)COCc1ccc(Cl)cc1)C1CCCCC1. The first-order valence-electron chi connectivity index (χ1n) is 10.1. The predicted octanol–water partition coefficient (Wildman–Crippen LogP) is 4.76. The Labute approximate surface area is 172 Å². The minimum Gasteiger partial charge on any atom is -0.508 e. The molecule has 0 aromatic heterocycles. The van der Waals surface area contributed by atoms with E-state index in [1.165, 1.54) is 19.3 Å². The maximum absolute atomic E-state index is 10.6. The van der Waals surface area contributed by atoms with Crippen LogP contribution in [0.15, 0.2) is 48.5 Å². The van der Waals surface area contributed by atoms with Crippen LogP contribution in [0.3, 0.4) is 0 Å². The van der Waals surface area contributed by atoms with Crippen molar-refractivity contribution in [3.05, 3.63) is 64.7 Å². The molecule has 0 aliphatic heterocycles. The molecular formula is C23H30ClNO3. The van der Waals surface area contributed by atoms with Crippen LogP contribution in [0.2, 0.25) is 5.02 Å². The first-order valence-corrected chi connectivity index (χ1v) is 10.5. The first-order chi connectivity index (χ1) is 13.6. The average molecular weight is 404 g/mol. The van der Waals surface area contributed by atoms with E-state index in [1.54, 1.807) is 6.07 Å². The largest absolute Gasteiger partial charge is 0.508 e. The number of phenolic OH excluding ortho intramolecular Hbond substituents is 1. The van der Waals surface area contributed by atoms with Gasteiger partial charge in [0, 0.05) is 29.7 Å². The number of rotatable bonds is 9. The molecule has 0 bridgehead atoms. The number of halogens is 1. The summed E-state index contributed by atoms with van der Waals surface area (Å²) in [5.41, 5.74) is 1.94. The molecule has 1 atom stereocenters. The van der Waals surface area contributed by atoms with Crippen molar-refractivity contribution in [2.75, 3.05) is 13.2 Å². The van der Waals surface area contributed by atoms with E-state index in [2.05, 4.69) is 4.90 Å². The summed E-state index contributed by atoms with van der Waals surface area (Å²) in [5, 5.41) is 21.4. The van der Waals surface area contributed by atoms with Gasteiger partial charge in [0.05, 0.1) is 19.3 Å². The van der Waals surface area contributed by atoms with Crippen molar-refractivity contribution in [1.29, 1.82) is 0 Å². The molecule has 5 heteroatoms. The summed E-state index contributed by atoms with van der Waals surface area (Å²) in [6.07, 6.45) is 5.46. The monoisotopic (exact) mass is 403 g/mol. The highest BCUT2D eigenvalue weighted by Gasteiger charge is 2.24. The molecule has 28 heavy (non-hydrogen) atoms. The van der Waals surface area contributed by atoms with E-state index in [0.29, 0.717) is 36.5 Å². The fraction of sp³-hybridized carbons (Fsp3) is 0.478. The zero-order valence-electron chi connectivity index (χ0n) is 16.3. The van der Waals surface area contributed by atoms with Gasteiger partial charge in [-0.3, -0.25) is 4.90 Å². The lowest BCUT2D eigenvalue weighted by atomic mass is 9.93. The lowest BCUT2D eigenvalue weighted by molar-refractivity contribution is -0.00350. The number of aliphatic hydroxyl groups is 1. The third kappa shape index (κ3) is 6.49. The number of aromatic hydroxyl groups is 1. The van der Waals surface area contributed by atoms with E-state index < -0.39 is 6.10 Å². The van der Waals surface area contributed by atoms with Gasteiger partial charge in [-0.1, -0.05) is 61.2 Å². The number of para-hydroxylation sites is 1. The third-order valence-corrected chi connectivity index (χ3v) is 5.65. The van der Waals surface area contributed by atoms with Gasteiger partial charge in [-0.2, -0.15) is 0 Å². The minimum absolute atomic E-state index is 0.284. The number of ether oxygens (including phenoxy) is 1. The molecule has 0 unspecified atom stereocenters. The molecule has 152 valence electrons. The highest BCUT2D eigenvalue weighted by molar-refractivity contribution is 6.30. The maximum atomic E-state index is 10.6. The fourth-order valence-corrected chi connectivity index (χ4v) is 4.00. The van der Waals surface area contributed by atoms with Gasteiger partial charge >= 0.3 is 0 Å². The maximum Gasteiger partial charge on any atom is 0.120 e. The second-order valence-corrected chi connectivity index (χ2v) is 8.08. The Morgan fingerprint density at radius 3 is 2.46 bits per heavy atom. The molecule has 0 heterocycles. The summed E-state index contributed by atoms with van der Waals surface area (Å²) in [4.78, 5) is 2.31. The van der Waals surface area contributed by atoms with Crippen molar-refractivity contribution in [2.45, 2.75) is 57.4 Å². The van der Waals surface area contributed by atoms with Gasteiger partial charge in [-0.05, 0) is 36.6 Å². The van der Waals surface area contributed by atoms with Crippen molar-refractivity contribution in [1.82, 2.24) is 4.90 Å². The Morgan fingerprint density at radius 2 is 1.75 bits per heavy atom. The highest BCUT2D eigenvalue weighted by Crippen LogP contribution is 2.26. The molecule has 0 spiro atoms. The van der Waals surface area contributed by atoms with E-state index in [1.807, 2.05) is 42.5 Å². The molecule has 1 aliphatic carbocycles. The van der Waals surface area contributed by atoms with Crippen LogP contribution in [0, 0.1) is 0 Å². The molecule has 2 aromatic rings. The van der Waals surface area contributed by atoms with E-state index in [-0.39, 0.29) is 6.61 Å². The van der Waals surface area contributed by atoms with E-state index in [9.17, 15) is 10.2 Å². The second-order valence-electron chi connectivity index (χ2n) is 7.65. The molecule has 0 amide bonds. The van der Waals surface area contributed by atoms with Gasteiger partial charge < -0.3 is 14.9 Å². The molecule has 2 aromatic carbocycles. The van der Waals surface area contributed by atoms with Gasteiger partial charge in [0.15, 0.2) is 0 Å². The molecule has 1 aliphatic rings. The Morgan fingerprint density at radius 1 is 1.04 bits per heavy atom. The van der Waals surface area contributed by atoms with Crippen LogP contribution in [0.1, 0.15) is 43.2 Å². The van der Waals surface area contributed by atoms with Crippen LogP contribution < -0.4 is 0 Å². The quantitative estimate of drug-likeness (QED) is 0.633. The Kier molecular flexibility index (Phi) is 8.16. The molecule has 0 radical (unpaired) electrons. The number of aliphatic hydroxyl groups excluding tert-OH is 1. The van der Waals surface area contributed by atoms with Crippen molar-refractivity contribution in [3.63, 3.8) is 0 Å². The van der Waals surface area contributed by atoms with Gasteiger partial charge in [-0.25, -0.2) is 0 Å². The third-order valence-electron chi connectivity index (χ3n) is 5.39. The van der Waals surface area contributed by atoms with Crippen molar-refractivity contribution in [2.24, 2.45) is 0 Å². The predicted molar refractivity (Wildman–Crippen MR) is 113 cm³/mol. The molecule has 0 saturated heterocycles. The standard InChI is InChI=1S/C23H30ClNO3/c24-20-12-10-18(11-13-20)16-28-17-22(26)15-25(21-7-2-1-3-8-21)14-19-6-4-5-9-23(19)27/h4-6,9-13,21-22,26-27H,1-3,7-8,14-17H2/t22-/m0/s1. The van der Waals surface area contributed by atoms with Crippen LogP contribution in [0.5, 0.6) is 5.75 Å². The summed E-state index contributed by atoms with van der Waals surface area (Å²) in [6.45, 7) is 1.93. The van der Waals surface area contributed by atoms with Gasteiger partial charge in [-0.15, -0.1) is 0 Å². The molecule has 4 nitrogen and oxygen atoms in total. The highest BCUT2D eigenvalue weighted by atomic mass is 35.5. The summed E-state index contributed by atoms with van der Waals surface area (Å²) >= 11 is 5.90. The number of nitrogens with zero attached hydrogens (tertiary/aromatic N) is 1. The summed E-state index contributed by atoms with van der Waals surface area (Å²) in [7, 11) is 0. The van der Waals surface area contributed by atoms with Gasteiger partial charge in [0.25, 0.3) is 0 Å². The number of hydrogen-bond donors (Lipinski definition) is 2. The second kappa shape index (κ2) is 10.8. The van der Waals surface area contributed by atoms with Crippen LogP contribution >= 0.6 is 11.6 Å². The van der Waals surface area contributed by atoms with Gasteiger partial charge in [0.2, 0.25) is 0 Å². The Hall–Kier alpha value is -1.59. The summed E-state index contributed by atoms with van der Waals surface area (Å²) in [6, 6.07) is 15.4. The molecule has 1 fully saturated rings. The zero-order chi connectivity index (χ0) is 19.8. The Balaban J connectivity index is 1.55. The number of hydrogen-bond acceptors (Lipinski definition) is 4. The number of benzene rings is 2. The van der Waals surface area contributed by atoms with Gasteiger partial charge in [0.1, 0.15) is 5.75 Å². The van der Waals surface area contributed by atoms with Crippen LogP contribution in [0.25, 0.3) is 0 Å². The topological polar surface area (TPSA) is 52.9 Å². The van der Waals surface area contributed by atoms with E-state index in [4.69, 9.17) is 16.3 Å². The van der Waals surface area contributed by atoms with E-state index >= 15 is 0 Å². The van der Waals surface area contributed by atoms with Crippen LogP contribution in [-0.2, 0) is 17.9 Å². The molecule has 3 rings (SSSR count). The lowest BCUT2D eigenvalue weighted by Gasteiger charge is -2.35. The van der Waals surface area contributed by atoms with Crippen LogP contribution in [-0.4, -0.2) is 40.4 Å². The van der Waals surface area contributed by atoms with E-state index in [0.717, 1.165) is 24.0 Å². The lowest BCUT2D eigenvalue weighted by Crippen LogP contribution is -2.42. The van der Waals surface area contributed by atoms with Crippen LogP contribution in [0.4, 0.5) is 0 Å². The molecule has 1 saturated carbocycles. The fourth-order valence-electron chi connectivity index (χ4n) is 3.87. The number of phenols is 1. The summed E-state index contributed by atoms with van der Waals surface area (Å²) < 4.78 is 5.71. The van der Waals surface area contributed by atoms with Crippen molar-refractivity contribution < 1.29 is 14.9 Å². The Bertz CT molecular complexity index is 716. The average Bonchev–Trinajstić information content (AvgIpc) is 2.71. The summed E-state index contributed by atoms with van der Waals surface area (Å²) in [5.74, 6) is 0.316. The smallest absolute Gasteiger partial charge is 0.120 e. The normalized spacial score (nSPS) is 16.4. The van der Waals surface area contributed by atoms with Crippen molar-refractivity contribution in [3.8, 4) is 5.75 Å². The zero-order valence-corrected chi connectivity index (χ0v) is 17.0. The molecular weight excluding hydrogens is 374 g/mol. The molecule has 2 N–H and O–H groups in total. The minimum atomic E-state index is -0.569. The first kappa shape index (κ1) is 21.1. The van der Waals surface area contributed by atoms with Crippen molar-refractivity contribution >= 4 is 11.6 Å².